The van der Waals surface area contributed by atoms with E-state index in [4.69, 9.17) is 4.74 Å². The number of hydrogen-bond donors (Lipinski definition) is 1. The summed E-state index contributed by atoms with van der Waals surface area (Å²) >= 11 is 0. The summed E-state index contributed by atoms with van der Waals surface area (Å²) in [6.07, 6.45) is 2.29. The summed E-state index contributed by atoms with van der Waals surface area (Å²) in [5.74, 6) is 1.49. The van der Waals surface area contributed by atoms with Gasteiger partial charge in [-0.2, -0.15) is 22.5 Å². The molecule has 3 rings (SSSR count). The van der Waals surface area contributed by atoms with Crippen LogP contribution in [0.3, 0.4) is 0 Å². The van der Waals surface area contributed by atoms with Gasteiger partial charge in [0.05, 0.1) is 18.8 Å². The van der Waals surface area contributed by atoms with Crippen LogP contribution in [0.4, 0.5) is 0 Å². The van der Waals surface area contributed by atoms with Gasteiger partial charge >= 0.3 is 0 Å². The Morgan fingerprint density at radius 2 is 2.17 bits per heavy atom. The van der Waals surface area contributed by atoms with E-state index in [2.05, 4.69) is 14.8 Å². The van der Waals surface area contributed by atoms with Gasteiger partial charge in [-0.05, 0) is 26.7 Å². The predicted octanol–water partition coefficient (Wildman–Crippen LogP) is 0.619. The first-order valence-corrected chi connectivity index (χ1v) is 9.69. The van der Waals surface area contributed by atoms with Crippen LogP contribution in [0.25, 0.3) is 0 Å². The van der Waals surface area contributed by atoms with Crippen molar-refractivity contribution in [3.05, 3.63) is 11.6 Å². The number of nitrogens with zero attached hydrogens (tertiary/aromatic N) is 4. The van der Waals surface area contributed by atoms with Gasteiger partial charge < -0.3 is 4.74 Å². The fraction of sp³-hybridized carbons (Fsp3) is 0.857. The predicted molar refractivity (Wildman–Crippen MR) is 85.0 cm³/mol. The molecule has 1 aromatic rings. The van der Waals surface area contributed by atoms with Crippen LogP contribution in [-0.2, 0) is 27.9 Å². The summed E-state index contributed by atoms with van der Waals surface area (Å²) in [5, 5.41) is 4.43. The molecule has 0 saturated carbocycles. The molecule has 9 heteroatoms. The highest BCUT2D eigenvalue weighted by molar-refractivity contribution is 7.87. The number of morpholine rings is 1. The number of fused-ring (bicyclic) bond motifs is 1. The van der Waals surface area contributed by atoms with Gasteiger partial charge in [-0.25, -0.2) is 9.67 Å². The Labute approximate surface area is 137 Å². The Morgan fingerprint density at radius 3 is 2.91 bits per heavy atom. The molecule has 0 amide bonds. The standard InChI is InChI=1S/C14H25N5O3S/c1-4-13-15-14-12(6-5-7-18(14)16-13)17-23(20,21)19-8-11(3)22-9-10(19)2/h10-12,17H,4-9H2,1-3H3/t10-,11+,12+/m1/s1. The Hall–Kier alpha value is -1.03. The zero-order chi connectivity index (χ0) is 16.6. The molecule has 1 fully saturated rings. The average molecular weight is 343 g/mol. The molecule has 0 unspecified atom stereocenters. The Balaban J connectivity index is 1.80. The minimum atomic E-state index is -3.58. The van der Waals surface area contributed by atoms with Gasteiger partial charge in [0.25, 0.3) is 10.2 Å². The summed E-state index contributed by atoms with van der Waals surface area (Å²) in [6.45, 7) is 7.34. The Morgan fingerprint density at radius 1 is 1.39 bits per heavy atom. The molecule has 130 valence electrons. The van der Waals surface area contributed by atoms with Gasteiger partial charge in [-0.15, -0.1) is 0 Å². The molecule has 2 aliphatic rings. The quantitative estimate of drug-likeness (QED) is 0.866. The maximum Gasteiger partial charge on any atom is 0.280 e. The number of nitrogens with one attached hydrogen (secondary N) is 1. The zero-order valence-electron chi connectivity index (χ0n) is 13.9. The topological polar surface area (TPSA) is 89.3 Å². The van der Waals surface area contributed by atoms with Crippen LogP contribution in [0.2, 0.25) is 0 Å². The molecule has 8 nitrogen and oxygen atoms in total. The van der Waals surface area contributed by atoms with Crippen LogP contribution >= 0.6 is 0 Å². The highest BCUT2D eigenvalue weighted by Crippen LogP contribution is 2.25. The summed E-state index contributed by atoms with van der Waals surface area (Å²) < 4.78 is 37.3. The number of rotatable bonds is 4. The van der Waals surface area contributed by atoms with E-state index in [1.165, 1.54) is 4.31 Å². The van der Waals surface area contributed by atoms with Crippen LogP contribution in [-0.4, -0.2) is 52.8 Å². The van der Waals surface area contributed by atoms with E-state index in [0.29, 0.717) is 13.2 Å². The largest absolute Gasteiger partial charge is 0.375 e. The molecule has 23 heavy (non-hydrogen) atoms. The van der Waals surface area contributed by atoms with Crippen molar-refractivity contribution in [2.75, 3.05) is 13.2 Å². The normalized spacial score (nSPS) is 29.4. The van der Waals surface area contributed by atoms with Crippen LogP contribution in [0, 0.1) is 0 Å². The van der Waals surface area contributed by atoms with E-state index >= 15 is 0 Å². The van der Waals surface area contributed by atoms with Crippen LogP contribution in [0.15, 0.2) is 0 Å². The lowest BCUT2D eigenvalue weighted by Crippen LogP contribution is -2.54. The van der Waals surface area contributed by atoms with Crippen LogP contribution in [0.5, 0.6) is 0 Å². The summed E-state index contributed by atoms with van der Waals surface area (Å²) in [6, 6.07) is -0.483. The SMILES string of the molecule is CCc1nc2n(n1)CCC[C@@H]2NS(=O)(=O)N1C[C@H](C)OC[C@H]1C. The maximum atomic E-state index is 12.8. The first kappa shape index (κ1) is 16.8. The van der Waals surface area contributed by atoms with Crippen LogP contribution in [0.1, 0.15) is 51.3 Å². The molecule has 0 radical (unpaired) electrons. The van der Waals surface area contributed by atoms with Gasteiger partial charge in [0.15, 0.2) is 5.82 Å². The third-order valence-corrected chi connectivity index (χ3v) is 6.09. The lowest BCUT2D eigenvalue weighted by molar-refractivity contribution is -0.0176. The smallest absolute Gasteiger partial charge is 0.280 e. The third-order valence-electron chi connectivity index (χ3n) is 4.39. The molecule has 2 aliphatic heterocycles. The van der Waals surface area contributed by atoms with Crippen molar-refractivity contribution in [2.24, 2.45) is 0 Å². The van der Waals surface area contributed by atoms with E-state index in [-0.39, 0.29) is 18.2 Å². The van der Waals surface area contributed by atoms with Crippen molar-refractivity contribution >= 4 is 10.2 Å². The van der Waals surface area contributed by atoms with Crippen LogP contribution < -0.4 is 4.72 Å². The molecule has 1 aromatic heterocycles. The van der Waals surface area contributed by atoms with E-state index in [1.54, 1.807) is 0 Å². The second-order valence-corrected chi connectivity index (χ2v) is 8.00. The second kappa shape index (κ2) is 6.46. The highest BCUT2D eigenvalue weighted by Gasteiger charge is 2.36. The lowest BCUT2D eigenvalue weighted by atomic mass is 10.1. The van der Waals surface area contributed by atoms with E-state index in [0.717, 1.165) is 37.5 Å². The van der Waals surface area contributed by atoms with Crippen molar-refractivity contribution < 1.29 is 13.2 Å². The van der Waals surface area contributed by atoms with Crippen molar-refractivity contribution in [3.8, 4) is 0 Å². The number of aromatic nitrogens is 3. The van der Waals surface area contributed by atoms with E-state index in [1.807, 2.05) is 25.5 Å². The van der Waals surface area contributed by atoms with Gasteiger partial charge in [0, 0.05) is 25.6 Å². The molecular weight excluding hydrogens is 318 g/mol. The van der Waals surface area contributed by atoms with E-state index < -0.39 is 10.2 Å². The minimum Gasteiger partial charge on any atom is -0.375 e. The third kappa shape index (κ3) is 3.42. The number of aryl methyl sites for hydroxylation is 2. The van der Waals surface area contributed by atoms with Crippen molar-refractivity contribution in [1.29, 1.82) is 0 Å². The summed E-state index contributed by atoms with van der Waals surface area (Å²) in [7, 11) is -3.58. The fourth-order valence-corrected chi connectivity index (χ4v) is 4.78. The second-order valence-electron chi connectivity index (χ2n) is 6.34. The zero-order valence-corrected chi connectivity index (χ0v) is 14.7. The summed E-state index contributed by atoms with van der Waals surface area (Å²) in [5.41, 5.74) is 0. The van der Waals surface area contributed by atoms with E-state index in [9.17, 15) is 8.42 Å². The fourth-order valence-electron chi connectivity index (χ4n) is 3.12. The van der Waals surface area contributed by atoms with Gasteiger partial charge in [-0.3, -0.25) is 0 Å². The molecule has 0 aromatic carbocycles. The van der Waals surface area contributed by atoms with Crippen molar-refractivity contribution in [1.82, 2.24) is 23.8 Å². The minimum absolute atomic E-state index is 0.0931. The van der Waals surface area contributed by atoms with Gasteiger partial charge in [0.1, 0.15) is 5.82 Å². The lowest BCUT2D eigenvalue weighted by Gasteiger charge is -2.36. The summed E-state index contributed by atoms with van der Waals surface area (Å²) in [4.78, 5) is 4.50. The molecule has 1 N–H and O–H groups in total. The highest BCUT2D eigenvalue weighted by atomic mass is 32.2. The first-order chi connectivity index (χ1) is 10.9. The van der Waals surface area contributed by atoms with Gasteiger partial charge in [0.2, 0.25) is 0 Å². The molecular formula is C14H25N5O3S. The average Bonchev–Trinajstić information content (AvgIpc) is 2.93. The maximum absolute atomic E-state index is 12.8. The number of hydrogen-bond acceptors (Lipinski definition) is 5. The Kier molecular flexibility index (Phi) is 4.73. The molecule has 3 atom stereocenters. The van der Waals surface area contributed by atoms with Crippen molar-refractivity contribution in [3.63, 3.8) is 0 Å². The first-order valence-electron chi connectivity index (χ1n) is 8.25. The molecule has 0 spiro atoms. The Bertz CT molecular complexity index is 659. The number of ether oxygens (including phenoxy) is 1. The van der Waals surface area contributed by atoms with Gasteiger partial charge in [-0.1, -0.05) is 6.92 Å². The monoisotopic (exact) mass is 343 g/mol. The van der Waals surface area contributed by atoms with Crippen molar-refractivity contribution in [2.45, 2.75) is 64.8 Å². The molecule has 1 saturated heterocycles. The molecule has 0 aliphatic carbocycles. The molecule has 3 heterocycles. The molecule has 0 bridgehead atoms.